The summed E-state index contributed by atoms with van der Waals surface area (Å²) in [5.41, 5.74) is 1.55. The van der Waals surface area contributed by atoms with E-state index in [9.17, 15) is 0 Å². The molecule has 2 aliphatic rings. The molecule has 0 bridgehead atoms. The van der Waals surface area contributed by atoms with Crippen LogP contribution in [0.2, 0.25) is 0 Å². The molecular formula is C9H15N. The lowest BCUT2D eigenvalue weighted by atomic mass is 9.83. The Morgan fingerprint density at radius 2 is 2.00 bits per heavy atom. The number of aliphatic imine (C=N–C) groups is 1. The Bertz CT molecular complexity index is 149. The van der Waals surface area contributed by atoms with Crippen molar-refractivity contribution in [3.63, 3.8) is 0 Å². The van der Waals surface area contributed by atoms with Crippen molar-refractivity contribution in [1.29, 1.82) is 0 Å². The van der Waals surface area contributed by atoms with Gasteiger partial charge in [-0.2, -0.15) is 0 Å². The molecule has 0 aromatic carbocycles. The predicted molar refractivity (Wildman–Crippen MR) is 43.5 cm³/mol. The standard InChI is InChI=1S/C9H15N/c1-2-6-9-8(4-1)5-3-7-10-9/h8H,1-7H2/t8-/m1/s1. The van der Waals surface area contributed by atoms with Gasteiger partial charge in [0.2, 0.25) is 0 Å². The first-order valence-corrected chi connectivity index (χ1v) is 4.50. The molecule has 1 heteroatoms. The van der Waals surface area contributed by atoms with Gasteiger partial charge >= 0.3 is 0 Å². The highest BCUT2D eigenvalue weighted by atomic mass is 14.8. The smallest absolute Gasteiger partial charge is 0.0389 e. The highest BCUT2D eigenvalue weighted by Crippen LogP contribution is 2.28. The summed E-state index contributed by atoms with van der Waals surface area (Å²) in [6, 6.07) is 0. The molecule has 10 heavy (non-hydrogen) atoms. The van der Waals surface area contributed by atoms with Crippen molar-refractivity contribution < 1.29 is 0 Å². The van der Waals surface area contributed by atoms with Crippen molar-refractivity contribution in [2.75, 3.05) is 6.54 Å². The predicted octanol–water partition coefficient (Wildman–Crippen LogP) is 2.41. The highest BCUT2D eigenvalue weighted by Gasteiger charge is 2.21. The third-order valence-corrected chi connectivity index (χ3v) is 2.73. The van der Waals surface area contributed by atoms with E-state index in [1.54, 1.807) is 5.71 Å². The third-order valence-electron chi connectivity index (χ3n) is 2.73. The van der Waals surface area contributed by atoms with Crippen LogP contribution in [0.25, 0.3) is 0 Å². The van der Waals surface area contributed by atoms with Gasteiger partial charge in [0.1, 0.15) is 0 Å². The molecule has 1 nitrogen and oxygen atoms in total. The summed E-state index contributed by atoms with van der Waals surface area (Å²) >= 11 is 0. The Morgan fingerprint density at radius 3 is 2.90 bits per heavy atom. The van der Waals surface area contributed by atoms with Gasteiger partial charge in [0, 0.05) is 12.3 Å². The maximum Gasteiger partial charge on any atom is 0.0389 e. The van der Waals surface area contributed by atoms with Crippen LogP contribution in [0.4, 0.5) is 0 Å². The van der Waals surface area contributed by atoms with Crippen LogP contribution in [0.15, 0.2) is 4.99 Å². The molecular weight excluding hydrogens is 122 g/mol. The van der Waals surface area contributed by atoms with Gasteiger partial charge in [-0.3, -0.25) is 4.99 Å². The number of fused-ring (bicyclic) bond motifs is 1. The molecule has 1 heterocycles. The van der Waals surface area contributed by atoms with Crippen molar-refractivity contribution >= 4 is 5.71 Å². The van der Waals surface area contributed by atoms with Gasteiger partial charge < -0.3 is 0 Å². The summed E-state index contributed by atoms with van der Waals surface area (Å²) in [5, 5.41) is 0. The van der Waals surface area contributed by atoms with E-state index in [-0.39, 0.29) is 0 Å². The van der Waals surface area contributed by atoms with Crippen LogP contribution < -0.4 is 0 Å². The lowest BCUT2D eigenvalue weighted by molar-refractivity contribution is 0.466. The molecule has 0 unspecified atom stereocenters. The quantitative estimate of drug-likeness (QED) is 0.486. The average molecular weight is 137 g/mol. The SMILES string of the molecule is C1CC[C@@H]2CCCN=C2C1. The molecule has 2 rings (SSSR count). The number of rotatable bonds is 0. The van der Waals surface area contributed by atoms with Gasteiger partial charge in [0.15, 0.2) is 0 Å². The van der Waals surface area contributed by atoms with Crippen LogP contribution in [0.1, 0.15) is 38.5 Å². The largest absolute Gasteiger partial charge is 0.294 e. The molecule has 0 aromatic rings. The Hall–Kier alpha value is -0.330. The average Bonchev–Trinajstić information content (AvgIpc) is 2.05. The molecule has 0 radical (unpaired) electrons. The minimum Gasteiger partial charge on any atom is -0.294 e. The molecule has 0 aromatic heterocycles. The van der Waals surface area contributed by atoms with Gasteiger partial charge in [-0.1, -0.05) is 6.42 Å². The van der Waals surface area contributed by atoms with Crippen LogP contribution in [-0.2, 0) is 0 Å². The van der Waals surface area contributed by atoms with Crippen molar-refractivity contribution in [2.45, 2.75) is 38.5 Å². The Balaban J connectivity index is 2.08. The molecule has 0 saturated heterocycles. The van der Waals surface area contributed by atoms with E-state index in [1.165, 1.54) is 38.5 Å². The Kier molecular flexibility index (Phi) is 1.74. The summed E-state index contributed by atoms with van der Waals surface area (Å²) < 4.78 is 0. The molecule has 0 N–H and O–H groups in total. The van der Waals surface area contributed by atoms with Crippen molar-refractivity contribution in [3.8, 4) is 0 Å². The molecule has 56 valence electrons. The summed E-state index contributed by atoms with van der Waals surface area (Å²) in [6.07, 6.45) is 8.36. The topological polar surface area (TPSA) is 12.4 Å². The molecule has 1 aliphatic carbocycles. The Morgan fingerprint density at radius 1 is 1.10 bits per heavy atom. The van der Waals surface area contributed by atoms with E-state index in [0.29, 0.717) is 0 Å². The van der Waals surface area contributed by atoms with E-state index in [1.807, 2.05) is 0 Å². The first kappa shape index (κ1) is 6.38. The zero-order chi connectivity index (χ0) is 6.81. The molecule has 1 atom stereocenters. The second kappa shape index (κ2) is 2.73. The fraction of sp³-hybridized carbons (Fsp3) is 0.889. The van der Waals surface area contributed by atoms with Gasteiger partial charge in [-0.05, 0) is 38.0 Å². The summed E-state index contributed by atoms with van der Waals surface area (Å²) in [5.74, 6) is 0.905. The second-order valence-corrected chi connectivity index (χ2v) is 3.46. The van der Waals surface area contributed by atoms with E-state index in [2.05, 4.69) is 4.99 Å². The van der Waals surface area contributed by atoms with Crippen molar-refractivity contribution in [3.05, 3.63) is 0 Å². The monoisotopic (exact) mass is 137 g/mol. The zero-order valence-corrected chi connectivity index (χ0v) is 6.47. The maximum atomic E-state index is 4.57. The van der Waals surface area contributed by atoms with Gasteiger partial charge in [-0.15, -0.1) is 0 Å². The van der Waals surface area contributed by atoms with Crippen LogP contribution in [0, 0.1) is 5.92 Å². The van der Waals surface area contributed by atoms with E-state index in [4.69, 9.17) is 0 Å². The van der Waals surface area contributed by atoms with E-state index in [0.717, 1.165) is 12.5 Å². The Labute approximate surface area is 62.5 Å². The van der Waals surface area contributed by atoms with Crippen LogP contribution in [-0.4, -0.2) is 12.3 Å². The molecule has 0 amide bonds. The lowest BCUT2D eigenvalue weighted by Crippen LogP contribution is -2.23. The molecule has 1 aliphatic heterocycles. The fourth-order valence-electron chi connectivity index (χ4n) is 2.15. The third kappa shape index (κ3) is 1.09. The molecule has 1 saturated carbocycles. The highest BCUT2D eigenvalue weighted by molar-refractivity contribution is 5.87. The summed E-state index contributed by atoms with van der Waals surface area (Å²) in [4.78, 5) is 4.57. The normalized spacial score (nSPS) is 32.8. The fourth-order valence-corrected chi connectivity index (χ4v) is 2.15. The lowest BCUT2D eigenvalue weighted by Gasteiger charge is -2.27. The van der Waals surface area contributed by atoms with Crippen molar-refractivity contribution in [2.24, 2.45) is 10.9 Å². The minimum absolute atomic E-state index is 0.905. The number of hydrogen-bond donors (Lipinski definition) is 0. The summed E-state index contributed by atoms with van der Waals surface area (Å²) in [7, 11) is 0. The molecule has 1 fully saturated rings. The zero-order valence-electron chi connectivity index (χ0n) is 6.47. The minimum atomic E-state index is 0.905. The van der Waals surface area contributed by atoms with Gasteiger partial charge in [0.25, 0.3) is 0 Å². The van der Waals surface area contributed by atoms with Crippen LogP contribution >= 0.6 is 0 Å². The van der Waals surface area contributed by atoms with E-state index >= 15 is 0 Å². The maximum absolute atomic E-state index is 4.57. The second-order valence-electron chi connectivity index (χ2n) is 3.46. The first-order valence-electron chi connectivity index (χ1n) is 4.50. The number of hydrogen-bond acceptors (Lipinski definition) is 1. The summed E-state index contributed by atoms with van der Waals surface area (Å²) in [6.45, 7) is 1.12. The van der Waals surface area contributed by atoms with Crippen LogP contribution in [0.5, 0.6) is 0 Å². The van der Waals surface area contributed by atoms with E-state index < -0.39 is 0 Å². The van der Waals surface area contributed by atoms with Crippen LogP contribution in [0.3, 0.4) is 0 Å². The number of nitrogens with zero attached hydrogens (tertiary/aromatic N) is 1. The van der Waals surface area contributed by atoms with Gasteiger partial charge in [0.05, 0.1) is 0 Å². The molecule has 0 spiro atoms. The van der Waals surface area contributed by atoms with Gasteiger partial charge in [-0.25, -0.2) is 0 Å². The van der Waals surface area contributed by atoms with Crippen molar-refractivity contribution in [1.82, 2.24) is 0 Å². The first-order chi connectivity index (χ1) is 4.97.